The lowest BCUT2D eigenvalue weighted by atomic mass is 10.1. The molecule has 0 bridgehead atoms. The first-order chi connectivity index (χ1) is 18.6. The minimum Gasteiger partial charge on any atom is -0.354 e. The van der Waals surface area contributed by atoms with E-state index in [-0.39, 0.29) is 17.3 Å². The lowest BCUT2D eigenvalue weighted by Gasteiger charge is -2.33. The predicted molar refractivity (Wildman–Crippen MR) is 159 cm³/mol. The highest BCUT2D eigenvalue weighted by molar-refractivity contribution is 9.10. The van der Waals surface area contributed by atoms with Crippen LogP contribution in [0.4, 0.5) is 5.69 Å². The number of halogens is 2. The summed E-state index contributed by atoms with van der Waals surface area (Å²) in [7, 11) is -4.11. The second-order valence-electron chi connectivity index (χ2n) is 9.16. The third-order valence-electron chi connectivity index (χ3n) is 6.20. The van der Waals surface area contributed by atoms with Crippen LogP contribution in [0.15, 0.2) is 82.2 Å². The smallest absolute Gasteiger partial charge is 0.264 e. The molecule has 0 unspecified atom stereocenters. The Kier molecular flexibility index (Phi) is 11.0. The van der Waals surface area contributed by atoms with Crippen LogP contribution in [0.1, 0.15) is 37.8 Å². The van der Waals surface area contributed by atoms with Crippen molar-refractivity contribution in [2.24, 2.45) is 0 Å². The topological polar surface area (TPSA) is 86.8 Å². The van der Waals surface area contributed by atoms with Crippen molar-refractivity contribution in [3.8, 4) is 0 Å². The third kappa shape index (κ3) is 8.06. The summed E-state index contributed by atoms with van der Waals surface area (Å²) in [5, 5.41) is 3.43. The number of aryl methyl sites for hydroxylation is 1. The molecule has 3 aromatic rings. The monoisotopic (exact) mass is 633 g/mol. The van der Waals surface area contributed by atoms with Gasteiger partial charge >= 0.3 is 0 Å². The van der Waals surface area contributed by atoms with Gasteiger partial charge in [-0.15, -0.1) is 0 Å². The molecule has 2 amide bonds. The highest BCUT2D eigenvalue weighted by Gasteiger charge is 2.33. The zero-order valence-corrected chi connectivity index (χ0v) is 25.4. The Morgan fingerprint density at radius 1 is 0.949 bits per heavy atom. The molecule has 7 nitrogen and oxygen atoms in total. The molecule has 0 saturated heterocycles. The number of nitrogens with zero attached hydrogens (tertiary/aromatic N) is 2. The van der Waals surface area contributed by atoms with E-state index in [4.69, 9.17) is 11.6 Å². The van der Waals surface area contributed by atoms with Crippen LogP contribution >= 0.6 is 27.5 Å². The molecule has 3 aromatic carbocycles. The number of amides is 2. The van der Waals surface area contributed by atoms with E-state index >= 15 is 0 Å². The van der Waals surface area contributed by atoms with Gasteiger partial charge in [0.15, 0.2) is 0 Å². The van der Waals surface area contributed by atoms with Gasteiger partial charge < -0.3 is 10.2 Å². The zero-order valence-electron chi connectivity index (χ0n) is 22.2. The maximum atomic E-state index is 14.0. The molecule has 0 heterocycles. The molecule has 10 heteroatoms. The van der Waals surface area contributed by atoms with Crippen LogP contribution in [0, 0.1) is 6.92 Å². The summed E-state index contributed by atoms with van der Waals surface area (Å²) in [6.07, 6.45) is 1.11. The first-order valence-corrected chi connectivity index (χ1v) is 15.3. The van der Waals surface area contributed by atoms with Crippen molar-refractivity contribution in [3.63, 3.8) is 0 Å². The van der Waals surface area contributed by atoms with Crippen molar-refractivity contribution in [2.45, 2.75) is 51.1 Å². The van der Waals surface area contributed by atoms with E-state index in [9.17, 15) is 18.0 Å². The highest BCUT2D eigenvalue weighted by atomic mass is 79.9. The molecule has 0 saturated carbocycles. The van der Waals surface area contributed by atoms with Gasteiger partial charge in [-0.2, -0.15) is 0 Å². The van der Waals surface area contributed by atoms with Crippen molar-refractivity contribution < 1.29 is 18.0 Å². The van der Waals surface area contributed by atoms with E-state index < -0.39 is 28.5 Å². The summed E-state index contributed by atoms with van der Waals surface area (Å²) in [4.78, 5) is 28.6. The lowest BCUT2D eigenvalue weighted by Crippen LogP contribution is -2.52. The van der Waals surface area contributed by atoms with E-state index in [0.717, 1.165) is 26.3 Å². The fourth-order valence-corrected chi connectivity index (χ4v) is 5.85. The Balaban J connectivity index is 2.03. The molecule has 0 spiro atoms. The highest BCUT2D eigenvalue weighted by Crippen LogP contribution is 2.26. The summed E-state index contributed by atoms with van der Waals surface area (Å²) in [5.41, 5.74) is 2.02. The minimum atomic E-state index is -4.11. The number of carbonyl (C=O) groups is 2. The van der Waals surface area contributed by atoms with Crippen LogP contribution in [0.3, 0.4) is 0 Å². The van der Waals surface area contributed by atoms with Crippen molar-refractivity contribution in [2.75, 3.05) is 17.4 Å². The Morgan fingerprint density at radius 3 is 2.13 bits per heavy atom. The predicted octanol–water partition coefficient (Wildman–Crippen LogP) is 5.94. The molecule has 1 N–H and O–H groups in total. The lowest BCUT2D eigenvalue weighted by molar-refractivity contribution is -0.140. The molecule has 39 heavy (non-hydrogen) atoms. The van der Waals surface area contributed by atoms with Gasteiger partial charge in [0.25, 0.3) is 10.0 Å². The zero-order chi connectivity index (χ0) is 28.6. The molecule has 0 aliphatic heterocycles. The summed E-state index contributed by atoms with van der Waals surface area (Å²) in [6.45, 7) is 5.76. The first kappa shape index (κ1) is 30.7. The number of anilines is 1. The number of hydrogen-bond acceptors (Lipinski definition) is 4. The summed E-state index contributed by atoms with van der Waals surface area (Å²) < 4.78 is 29.6. The quantitative estimate of drug-likeness (QED) is 0.267. The van der Waals surface area contributed by atoms with Gasteiger partial charge in [-0.05, 0) is 73.9 Å². The molecule has 0 radical (unpaired) electrons. The molecular formula is C29H33BrClN3O4S. The van der Waals surface area contributed by atoms with E-state index in [1.54, 1.807) is 60.7 Å². The fraction of sp³-hybridized carbons (Fsp3) is 0.310. The Labute approximate surface area is 244 Å². The van der Waals surface area contributed by atoms with Crippen LogP contribution in [0.2, 0.25) is 5.02 Å². The minimum absolute atomic E-state index is 0.0702. The Morgan fingerprint density at radius 2 is 1.56 bits per heavy atom. The second-order valence-corrected chi connectivity index (χ2v) is 12.4. The Hall–Kier alpha value is -2.88. The molecule has 1 atom stereocenters. The summed E-state index contributed by atoms with van der Waals surface area (Å²) >= 11 is 9.43. The number of hydrogen-bond donors (Lipinski definition) is 1. The van der Waals surface area contributed by atoms with Crippen LogP contribution in [-0.4, -0.2) is 44.3 Å². The van der Waals surface area contributed by atoms with Crippen molar-refractivity contribution in [1.82, 2.24) is 10.2 Å². The molecule has 0 aliphatic carbocycles. The number of sulfonamides is 1. The molecule has 0 fully saturated rings. The summed E-state index contributed by atoms with van der Waals surface area (Å²) in [5.74, 6) is -0.777. The van der Waals surface area contributed by atoms with Crippen molar-refractivity contribution >= 4 is 55.1 Å². The maximum absolute atomic E-state index is 14.0. The normalized spacial score (nSPS) is 12.0. The number of nitrogens with one attached hydrogen (secondary N) is 1. The number of benzene rings is 3. The third-order valence-corrected chi connectivity index (χ3v) is 8.77. The van der Waals surface area contributed by atoms with Gasteiger partial charge in [0.1, 0.15) is 12.6 Å². The second kappa shape index (κ2) is 14.0. The first-order valence-electron chi connectivity index (χ1n) is 12.7. The average molecular weight is 635 g/mol. The largest absolute Gasteiger partial charge is 0.354 e. The molecule has 3 rings (SSSR count). The molecule has 0 aliphatic rings. The van der Waals surface area contributed by atoms with Gasteiger partial charge in [-0.25, -0.2) is 8.42 Å². The van der Waals surface area contributed by atoms with E-state index in [2.05, 4.69) is 21.2 Å². The van der Waals surface area contributed by atoms with E-state index in [1.165, 1.54) is 17.0 Å². The van der Waals surface area contributed by atoms with Gasteiger partial charge in [-0.1, -0.05) is 71.2 Å². The molecular weight excluding hydrogens is 602 g/mol. The average Bonchev–Trinajstić information content (AvgIpc) is 2.92. The van der Waals surface area contributed by atoms with Crippen molar-refractivity contribution in [1.29, 1.82) is 0 Å². The van der Waals surface area contributed by atoms with E-state index in [1.807, 2.05) is 20.8 Å². The van der Waals surface area contributed by atoms with Crippen molar-refractivity contribution in [3.05, 3.63) is 93.4 Å². The molecule has 0 aromatic heterocycles. The summed E-state index contributed by atoms with van der Waals surface area (Å²) in [6, 6.07) is 19.4. The fourth-order valence-electron chi connectivity index (χ4n) is 4.05. The number of carbonyl (C=O) groups excluding carboxylic acids is 2. The van der Waals surface area contributed by atoms with Gasteiger partial charge in [0.05, 0.1) is 10.6 Å². The Bertz CT molecular complexity index is 1370. The number of rotatable bonds is 12. The van der Waals surface area contributed by atoms with Crippen LogP contribution in [0.5, 0.6) is 0 Å². The molecule has 208 valence electrons. The van der Waals surface area contributed by atoms with Gasteiger partial charge in [-0.3, -0.25) is 13.9 Å². The van der Waals surface area contributed by atoms with Crippen LogP contribution in [0.25, 0.3) is 0 Å². The van der Waals surface area contributed by atoms with Gasteiger partial charge in [0, 0.05) is 22.6 Å². The standard InChI is InChI=1S/C29H33BrClN3O4S/c1-4-18-32-29(36)27(5-2)33(19-22-8-12-24(31)13-9-22)28(35)20-34(25-14-10-23(30)11-15-25)39(37,38)26-16-6-21(3)7-17-26/h6-17,27H,4-5,18-20H2,1-3H3,(H,32,36)/t27-/m1/s1. The van der Waals surface area contributed by atoms with Crippen LogP contribution < -0.4 is 9.62 Å². The van der Waals surface area contributed by atoms with Gasteiger partial charge in [0.2, 0.25) is 11.8 Å². The maximum Gasteiger partial charge on any atom is 0.264 e. The van der Waals surface area contributed by atoms with E-state index in [0.29, 0.717) is 23.7 Å². The van der Waals surface area contributed by atoms with Crippen LogP contribution in [-0.2, 0) is 26.2 Å². The SMILES string of the molecule is CCCNC(=O)[C@@H](CC)N(Cc1ccc(Cl)cc1)C(=O)CN(c1ccc(Br)cc1)S(=O)(=O)c1ccc(C)cc1.